The number of ether oxygens (including phenoxy) is 2. The number of benzene rings is 3. The third kappa shape index (κ3) is 4.27. The number of rotatable bonds is 7. The fourth-order valence-electron chi connectivity index (χ4n) is 2.90. The lowest BCUT2D eigenvalue weighted by atomic mass is 9.99. The van der Waals surface area contributed by atoms with Gasteiger partial charge in [0.05, 0.1) is 24.8 Å². The number of nitro benzene ring substituents is 1. The lowest BCUT2D eigenvalue weighted by Gasteiger charge is -2.12. The van der Waals surface area contributed by atoms with Crippen molar-refractivity contribution in [3.05, 3.63) is 93.5 Å². The number of ketones is 1. The largest absolute Gasteiger partial charge is 0.497 e. The third-order valence-corrected chi connectivity index (χ3v) is 4.36. The Bertz CT molecular complexity index is 1090. The highest BCUT2D eigenvalue weighted by atomic mass is 16.6. The van der Waals surface area contributed by atoms with Gasteiger partial charge in [-0.3, -0.25) is 19.7 Å². The van der Waals surface area contributed by atoms with E-state index in [0.29, 0.717) is 11.5 Å². The molecular formula is C22H18N2O6. The van der Waals surface area contributed by atoms with E-state index in [1.807, 2.05) is 0 Å². The Morgan fingerprint density at radius 2 is 1.50 bits per heavy atom. The summed E-state index contributed by atoms with van der Waals surface area (Å²) in [5, 5.41) is 14.1. The molecule has 0 spiro atoms. The number of nitro groups is 1. The minimum absolute atomic E-state index is 0.0323. The predicted molar refractivity (Wildman–Crippen MR) is 110 cm³/mol. The van der Waals surface area contributed by atoms with Crippen LogP contribution in [-0.2, 0) is 0 Å². The van der Waals surface area contributed by atoms with E-state index in [9.17, 15) is 19.7 Å². The highest BCUT2D eigenvalue weighted by Crippen LogP contribution is 2.30. The predicted octanol–water partition coefficient (Wildman–Crippen LogP) is 4.10. The summed E-state index contributed by atoms with van der Waals surface area (Å²) in [6, 6.07) is 16.8. The average Bonchev–Trinajstić information content (AvgIpc) is 2.78. The Kier molecular flexibility index (Phi) is 6.07. The quantitative estimate of drug-likeness (QED) is 0.360. The zero-order chi connectivity index (χ0) is 21.7. The molecule has 152 valence electrons. The number of anilines is 1. The van der Waals surface area contributed by atoms with E-state index >= 15 is 0 Å². The van der Waals surface area contributed by atoms with Crippen molar-refractivity contribution in [2.75, 3.05) is 19.5 Å². The molecule has 1 N–H and O–H groups in total. The highest BCUT2D eigenvalue weighted by Gasteiger charge is 2.26. The Labute approximate surface area is 172 Å². The first-order chi connectivity index (χ1) is 14.4. The van der Waals surface area contributed by atoms with E-state index in [1.165, 1.54) is 44.6 Å². The summed E-state index contributed by atoms with van der Waals surface area (Å²) in [5.41, 5.74) is -0.0900. The molecular weight excluding hydrogens is 388 g/mol. The number of methoxy groups -OCH3 is 2. The maximum Gasteiger partial charge on any atom is 0.282 e. The van der Waals surface area contributed by atoms with Crippen molar-refractivity contribution >= 4 is 23.1 Å². The molecule has 0 saturated carbocycles. The lowest BCUT2D eigenvalue weighted by Crippen LogP contribution is -2.16. The summed E-state index contributed by atoms with van der Waals surface area (Å²) in [6.45, 7) is 0. The van der Waals surface area contributed by atoms with Gasteiger partial charge in [0.15, 0.2) is 0 Å². The van der Waals surface area contributed by atoms with Crippen LogP contribution >= 0.6 is 0 Å². The van der Waals surface area contributed by atoms with E-state index in [-0.39, 0.29) is 22.4 Å². The molecule has 30 heavy (non-hydrogen) atoms. The van der Waals surface area contributed by atoms with Gasteiger partial charge < -0.3 is 14.8 Å². The minimum atomic E-state index is -0.652. The van der Waals surface area contributed by atoms with Crippen LogP contribution in [0.5, 0.6) is 11.5 Å². The van der Waals surface area contributed by atoms with Gasteiger partial charge in [0.25, 0.3) is 11.6 Å². The van der Waals surface area contributed by atoms with Gasteiger partial charge in [0.2, 0.25) is 5.78 Å². The summed E-state index contributed by atoms with van der Waals surface area (Å²) in [6.07, 6.45) is 0. The van der Waals surface area contributed by atoms with E-state index in [1.54, 1.807) is 36.4 Å². The Morgan fingerprint density at radius 3 is 2.07 bits per heavy atom. The molecule has 0 saturated heterocycles. The molecule has 0 aliphatic rings. The van der Waals surface area contributed by atoms with E-state index in [4.69, 9.17) is 9.47 Å². The molecule has 0 aliphatic carbocycles. The first kappa shape index (κ1) is 20.5. The summed E-state index contributed by atoms with van der Waals surface area (Å²) in [4.78, 5) is 36.7. The maximum absolute atomic E-state index is 13.0. The molecule has 0 fully saturated rings. The minimum Gasteiger partial charge on any atom is -0.497 e. The number of amides is 1. The number of hydrogen-bond acceptors (Lipinski definition) is 6. The molecule has 1 amide bonds. The van der Waals surface area contributed by atoms with Crippen molar-refractivity contribution in [3.8, 4) is 11.5 Å². The summed E-state index contributed by atoms with van der Waals surface area (Å²) in [5.74, 6) is -0.338. The molecule has 0 unspecified atom stereocenters. The Hall–Kier alpha value is -4.20. The van der Waals surface area contributed by atoms with Crippen LogP contribution in [0, 0.1) is 10.1 Å². The van der Waals surface area contributed by atoms with Gasteiger partial charge >= 0.3 is 0 Å². The van der Waals surface area contributed by atoms with Crippen LogP contribution in [-0.4, -0.2) is 30.8 Å². The molecule has 3 rings (SSSR count). The normalized spacial score (nSPS) is 10.2. The van der Waals surface area contributed by atoms with Crippen LogP contribution < -0.4 is 14.8 Å². The summed E-state index contributed by atoms with van der Waals surface area (Å²) >= 11 is 0. The molecule has 0 atom stereocenters. The van der Waals surface area contributed by atoms with E-state index < -0.39 is 22.3 Å². The topological polar surface area (TPSA) is 108 Å². The smallest absolute Gasteiger partial charge is 0.282 e. The van der Waals surface area contributed by atoms with Gasteiger partial charge in [-0.1, -0.05) is 36.4 Å². The van der Waals surface area contributed by atoms with Gasteiger partial charge in [-0.05, 0) is 18.2 Å². The number of nitrogens with one attached hydrogen (secondary N) is 1. The van der Waals surface area contributed by atoms with Gasteiger partial charge in [-0.25, -0.2) is 0 Å². The molecule has 3 aromatic rings. The van der Waals surface area contributed by atoms with Crippen molar-refractivity contribution in [1.82, 2.24) is 0 Å². The van der Waals surface area contributed by atoms with Crippen molar-refractivity contribution < 1.29 is 24.0 Å². The molecule has 0 aromatic heterocycles. The molecule has 8 nitrogen and oxygen atoms in total. The lowest BCUT2D eigenvalue weighted by molar-refractivity contribution is -0.385. The standard InChI is InChI=1S/C22H18N2O6/c1-29-16-11-15(12-17(13-16)30-2)22(26)23-18-9-6-10-19(24(27)28)20(18)21(25)14-7-4-3-5-8-14/h3-13H,1-2H3,(H,23,26). The second-order valence-corrected chi connectivity index (χ2v) is 6.21. The SMILES string of the molecule is COc1cc(OC)cc(C(=O)Nc2cccc([N+](=O)[O-])c2C(=O)c2ccccc2)c1. The molecule has 8 heteroatoms. The first-order valence-electron chi connectivity index (χ1n) is 8.86. The van der Waals surface area contributed by atoms with Crippen molar-refractivity contribution in [2.45, 2.75) is 0 Å². The van der Waals surface area contributed by atoms with Gasteiger partial charge in [0.1, 0.15) is 17.1 Å². The molecule has 3 aromatic carbocycles. The average molecular weight is 406 g/mol. The zero-order valence-corrected chi connectivity index (χ0v) is 16.2. The molecule has 0 radical (unpaired) electrons. The highest BCUT2D eigenvalue weighted by molar-refractivity contribution is 6.17. The van der Waals surface area contributed by atoms with E-state index in [2.05, 4.69) is 5.32 Å². The van der Waals surface area contributed by atoms with E-state index in [0.717, 1.165) is 0 Å². The van der Waals surface area contributed by atoms with Gasteiger partial charge in [0, 0.05) is 23.3 Å². The first-order valence-corrected chi connectivity index (χ1v) is 8.86. The van der Waals surface area contributed by atoms with Crippen molar-refractivity contribution in [3.63, 3.8) is 0 Å². The molecule has 0 bridgehead atoms. The van der Waals surface area contributed by atoms with Crippen LogP contribution in [0.3, 0.4) is 0 Å². The van der Waals surface area contributed by atoms with Gasteiger partial charge in [-0.2, -0.15) is 0 Å². The Morgan fingerprint density at radius 1 is 0.867 bits per heavy atom. The monoisotopic (exact) mass is 406 g/mol. The zero-order valence-electron chi connectivity index (χ0n) is 16.2. The van der Waals surface area contributed by atoms with Crippen molar-refractivity contribution in [1.29, 1.82) is 0 Å². The molecule has 0 heterocycles. The fourth-order valence-corrected chi connectivity index (χ4v) is 2.90. The van der Waals surface area contributed by atoms with Gasteiger partial charge in [-0.15, -0.1) is 0 Å². The molecule has 0 aliphatic heterocycles. The fraction of sp³-hybridized carbons (Fsp3) is 0.0909. The number of carbonyl (C=O) groups is 2. The van der Waals surface area contributed by atoms with Crippen molar-refractivity contribution in [2.24, 2.45) is 0 Å². The summed E-state index contributed by atoms with van der Waals surface area (Å²) in [7, 11) is 2.90. The number of nitrogens with zero attached hydrogens (tertiary/aromatic N) is 1. The number of carbonyl (C=O) groups excluding carboxylic acids is 2. The third-order valence-electron chi connectivity index (χ3n) is 4.36. The van der Waals surface area contributed by atoms with Crippen LogP contribution in [0.25, 0.3) is 0 Å². The van der Waals surface area contributed by atoms with Crippen LogP contribution in [0.15, 0.2) is 66.7 Å². The van der Waals surface area contributed by atoms with Crippen LogP contribution in [0.1, 0.15) is 26.3 Å². The number of hydrogen-bond donors (Lipinski definition) is 1. The second kappa shape index (κ2) is 8.87. The van der Waals surface area contributed by atoms with Crippen LogP contribution in [0.2, 0.25) is 0 Å². The summed E-state index contributed by atoms with van der Waals surface area (Å²) < 4.78 is 10.3. The van der Waals surface area contributed by atoms with Crippen LogP contribution in [0.4, 0.5) is 11.4 Å². The maximum atomic E-state index is 13.0. The second-order valence-electron chi connectivity index (χ2n) is 6.21. The Balaban J connectivity index is 2.04.